The maximum Gasteiger partial charge on any atom is 1.00 e. The quantitative estimate of drug-likeness (QED) is 0.320. The molecule has 0 radical (unpaired) electrons. The Balaban J connectivity index is 0.00000441. The molecule has 22 heavy (non-hydrogen) atoms. The molecule has 0 aliphatic heterocycles. The van der Waals surface area contributed by atoms with Gasteiger partial charge in [-0.25, -0.2) is 8.42 Å². The van der Waals surface area contributed by atoms with Crippen molar-refractivity contribution in [3.05, 3.63) is 18.2 Å². The van der Waals surface area contributed by atoms with Gasteiger partial charge in [0.15, 0.2) is 0 Å². The summed E-state index contributed by atoms with van der Waals surface area (Å²) >= 11 is 0. The van der Waals surface area contributed by atoms with Crippen LogP contribution in [-0.4, -0.2) is 46.4 Å². The number of hydrogen-bond donors (Lipinski definition) is 0. The summed E-state index contributed by atoms with van der Waals surface area (Å²) in [4.78, 5) is 1.86. The van der Waals surface area contributed by atoms with E-state index in [9.17, 15) is 13.0 Å². The molecule has 1 aromatic rings. The second kappa shape index (κ2) is 9.59. The first-order valence-electron chi connectivity index (χ1n) is 6.41. The van der Waals surface area contributed by atoms with Crippen LogP contribution in [0.1, 0.15) is 13.8 Å². The predicted octanol–water partition coefficient (Wildman–Crippen LogP) is -1.60. The first kappa shape index (κ1) is 21.5. The summed E-state index contributed by atoms with van der Waals surface area (Å²) in [5, 5.41) is 0. The fourth-order valence-electron chi connectivity index (χ4n) is 1.93. The summed E-state index contributed by atoms with van der Waals surface area (Å²) in [5.41, 5.74) is 0.785. The van der Waals surface area contributed by atoms with Gasteiger partial charge in [-0.2, -0.15) is 0 Å². The van der Waals surface area contributed by atoms with E-state index in [0.717, 1.165) is 5.69 Å². The number of methoxy groups -OCH3 is 2. The molecule has 1 aromatic carbocycles. The minimum atomic E-state index is -4.71. The third-order valence-electron chi connectivity index (χ3n) is 2.84. The number of anilines is 1. The molecule has 0 aliphatic carbocycles. The Labute approximate surface area is 153 Å². The van der Waals surface area contributed by atoms with Crippen LogP contribution in [0.5, 0.6) is 11.5 Å². The third-order valence-corrected chi connectivity index (χ3v) is 3.41. The van der Waals surface area contributed by atoms with Crippen LogP contribution in [-0.2, 0) is 14.6 Å². The molecule has 0 amide bonds. The second-order valence-corrected chi connectivity index (χ2v) is 5.43. The summed E-state index contributed by atoms with van der Waals surface area (Å²) in [5.74, 6) is 1.24. The Hall–Kier alpha value is -0.510. The molecule has 0 N–H and O–H groups in total. The first-order chi connectivity index (χ1) is 9.78. The Morgan fingerprint density at radius 1 is 1.18 bits per heavy atom. The average Bonchev–Trinajstić information content (AvgIpc) is 2.42. The van der Waals surface area contributed by atoms with E-state index in [-0.39, 0.29) is 36.1 Å². The maximum absolute atomic E-state index is 10.6. The van der Waals surface area contributed by atoms with Gasteiger partial charge in [0.25, 0.3) is 0 Å². The maximum atomic E-state index is 10.6. The largest absolute Gasteiger partial charge is 1.00 e. The molecular formula is C13H20NNaO6S. The van der Waals surface area contributed by atoms with Gasteiger partial charge in [0.1, 0.15) is 11.5 Å². The number of benzene rings is 1. The first-order valence-corrected chi connectivity index (χ1v) is 7.74. The van der Waals surface area contributed by atoms with E-state index >= 15 is 0 Å². The zero-order valence-corrected chi connectivity index (χ0v) is 16.3. The van der Waals surface area contributed by atoms with E-state index < -0.39 is 16.5 Å². The molecule has 0 saturated carbocycles. The van der Waals surface area contributed by atoms with Crippen molar-refractivity contribution >= 4 is 16.1 Å². The van der Waals surface area contributed by atoms with Crippen LogP contribution in [0.3, 0.4) is 0 Å². The number of rotatable bonds is 8. The van der Waals surface area contributed by atoms with E-state index in [1.165, 1.54) is 6.92 Å². The molecule has 0 saturated heterocycles. The molecule has 0 spiro atoms. The Morgan fingerprint density at radius 3 is 2.05 bits per heavy atom. The fourth-order valence-corrected chi connectivity index (χ4v) is 2.40. The molecule has 120 valence electrons. The van der Waals surface area contributed by atoms with Crippen LogP contribution in [0.15, 0.2) is 18.2 Å². The van der Waals surface area contributed by atoms with Crippen molar-refractivity contribution in [3.63, 3.8) is 0 Å². The number of nitrogens with zero attached hydrogens (tertiary/aromatic N) is 1. The van der Waals surface area contributed by atoms with Crippen LogP contribution < -0.4 is 43.9 Å². The zero-order chi connectivity index (χ0) is 16.0. The van der Waals surface area contributed by atoms with Gasteiger partial charge in [-0.3, -0.25) is 4.18 Å². The summed E-state index contributed by atoms with van der Waals surface area (Å²) < 4.78 is 46.6. The normalized spacial score (nSPS) is 12.2. The van der Waals surface area contributed by atoms with Crippen molar-refractivity contribution in [1.29, 1.82) is 0 Å². The van der Waals surface area contributed by atoms with E-state index in [1.807, 2.05) is 11.8 Å². The summed E-state index contributed by atoms with van der Waals surface area (Å²) in [6, 6.07) is 5.33. The SMILES string of the molecule is CCN(CC(C)OS(=O)(=O)[O-])c1cc(OC)cc(OC)c1.[Na+]. The second-order valence-electron chi connectivity index (χ2n) is 4.42. The van der Waals surface area contributed by atoms with E-state index in [1.54, 1.807) is 32.4 Å². The van der Waals surface area contributed by atoms with Crippen LogP contribution >= 0.6 is 0 Å². The van der Waals surface area contributed by atoms with Crippen molar-refractivity contribution in [3.8, 4) is 11.5 Å². The molecule has 7 nitrogen and oxygen atoms in total. The van der Waals surface area contributed by atoms with Crippen LogP contribution in [0.4, 0.5) is 5.69 Å². The predicted molar refractivity (Wildman–Crippen MR) is 77.7 cm³/mol. The van der Waals surface area contributed by atoms with Crippen molar-refractivity contribution in [2.75, 3.05) is 32.2 Å². The van der Waals surface area contributed by atoms with Gasteiger partial charge in [0, 0.05) is 37.0 Å². The van der Waals surface area contributed by atoms with Crippen molar-refractivity contribution < 1.29 is 56.2 Å². The van der Waals surface area contributed by atoms with Crippen molar-refractivity contribution in [2.24, 2.45) is 0 Å². The van der Waals surface area contributed by atoms with Gasteiger partial charge in [0.2, 0.25) is 10.4 Å². The monoisotopic (exact) mass is 341 g/mol. The van der Waals surface area contributed by atoms with Gasteiger partial charge in [-0.1, -0.05) is 0 Å². The minimum absolute atomic E-state index is 0. The third kappa shape index (κ3) is 7.17. The molecule has 1 unspecified atom stereocenters. The molecule has 0 aliphatic rings. The number of likely N-dealkylation sites (N-methyl/N-ethyl adjacent to an activating group) is 1. The molecule has 0 fully saturated rings. The molecular weight excluding hydrogens is 321 g/mol. The molecule has 1 rings (SSSR count). The smallest absolute Gasteiger partial charge is 0.726 e. The average molecular weight is 341 g/mol. The summed E-state index contributed by atoms with van der Waals surface area (Å²) in [6.45, 7) is 4.27. The number of ether oxygens (including phenoxy) is 2. The van der Waals surface area contributed by atoms with E-state index in [4.69, 9.17) is 9.47 Å². The van der Waals surface area contributed by atoms with Gasteiger partial charge >= 0.3 is 29.6 Å². The molecule has 0 heterocycles. The minimum Gasteiger partial charge on any atom is -0.726 e. The number of hydrogen-bond acceptors (Lipinski definition) is 7. The molecule has 0 bridgehead atoms. The van der Waals surface area contributed by atoms with Crippen molar-refractivity contribution in [1.82, 2.24) is 0 Å². The van der Waals surface area contributed by atoms with E-state index in [2.05, 4.69) is 4.18 Å². The topological polar surface area (TPSA) is 88.1 Å². The Kier molecular flexibility index (Phi) is 9.37. The standard InChI is InChI=1S/C13H21NO6S.Na/c1-5-14(9-10(2)20-21(15,16)17)11-6-12(18-3)8-13(7-11)19-4;/h6-8,10H,5,9H2,1-4H3,(H,15,16,17);/q;+1/p-1. The van der Waals surface area contributed by atoms with Gasteiger partial charge in [-0.05, 0) is 13.8 Å². The van der Waals surface area contributed by atoms with Gasteiger partial charge in [-0.15, -0.1) is 0 Å². The van der Waals surface area contributed by atoms with Gasteiger partial charge < -0.3 is 18.9 Å². The molecule has 0 aromatic heterocycles. The van der Waals surface area contributed by atoms with Gasteiger partial charge in [0.05, 0.1) is 20.3 Å². The molecule has 9 heteroatoms. The van der Waals surface area contributed by atoms with Crippen LogP contribution in [0, 0.1) is 0 Å². The summed E-state index contributed by atoms with van der Waals surface area (Å²) in [6.07, 6.45) is -0.760. The van der Waals surface area contributed by atoms with Crippen molar-refractivity contribution in [2.45, 2.75) is 20.0 Å². The van der Waals surface area contributed by atoms with Crippen LogP contribution in [0.2, 0.25) is 0 Å². The zero-order valence-electron chi connectivity index (χ0n) is 13.5. The fraction of sp³-hybridized carbons (Fsp3) is 0.538. The van der Waals surface area contributed by atoms with E-state index in [0.29, 0.717) is 18.0 Å². The molecule has 1 atom stereocenters. The van der Waals surface area contributed by atoms with Crippen LogP contribution in [0.25, 0.3) is 0 Å². The Bertz CT molecular complexity index is 543. The summed E-state index contributed by atoms with van der Waals surface area (Å²) in [7, 11) is -1.62. The Morgan fingerprint density at radius 2 is 1.68 bits per heavy atom.